The van der Waals surface area contributed by atoms with E-state index in [1.807, 2.05) is 24.3 Å². The number of aromatic nitrogens is 1. The third kappa shape index (κ3) is 3.57. The zero-order valence-electron chi connectivity index (χ0n) is 11.3. The molecular weight excluding hydrogens is 320 g/mol. The molecule has 0 aliphatic carbocycles. The first kappa shape index (κ1) is 14.5. The number of nitrogens with zero attached hydrogens (tertiary/aromatic N) is 2. The van der Waals surface area contributed by atoms with Crippen molar-refractivity contribution in [1.29, 1.82) is 0 Å². The van der Waals surface area contributed by atoms with E-state index in [9.17, 15) is 4.79 Å². The fourth-order valence-corrected chi connectivity index (χ4v) is 2.20. The molecule has 5 heteroatoms. The number of hydrogen-bond acceptors (Lipinski definition) is 3. The van der Waals surface area contributed by atoms with Crippen LogP contribution in [0.15, 0.2) is 47.2 Å². The molecule has 0 aliphatic heterocycles. The Morgan fingerprint density at radius 1 is 1.30 bits per heavy atom. The SMILES string of the molecule is COc1ccc(CN(C)C(=O)c2ccnc(Br)c2)cc1. The molecule has 1 aromatic heterocycles. The number of pyridine rings is 1. The lowest BCUT2D eigenvalue weighted by molar-refractivity contribution is 0.0785. The van der Waals surface area contributed by atoms with Crippen molar-refractivity contribution in [2.75, 3.05) is 14.2 Å². The zero-order valence-corrected chi connectivity index (χ0v) is 12.9. The molecule has 0 spiro atoms. The van der Waals surface area contributed by atoms with Gasteiger partial charge in [0.05, 0.1) is 7.11 Å². The van der Waals surface area contributed by atoms with Gasteiger partial charge in [0.2, 0.25) is 0 Å². The molecule has 1 heterocycles. The van der Waals surface area contributed by atoms with Crippen LogP contribution in [0.5, 0.6) is 5.75 Å². The van der Waals surface area contributed by atoms with Gasteiger partial charge >= 0.3 is 0 Å². The van der Waals surface area contributed by atoms with Gasteiger partial charge in [-0.05, 0) is 45.8 Å². The topological polar surface area (TPSA) is 42.4 Å². The lowest BCUT2D eigenvalue weighted by Gasteiger charge is -2.17. The van der Waals surface area contributed by atoms with Gasteiger partial charge in [0.25, 0.3) is 5.91 Å². The van der Waals surface area contributed by atoms with Crippen molar-refractivity contribution < 1.29 is 9.53 Å². The Labute approximate surface area is 126 Å². The van der Waals surface area contributed by atoms with Crippen LogP contribution in [0.25, 0.3) is 0 Å². The van der Waals surface area contributed by atoms with Gasteiger partial charge < -0.3 is 9.64 Å². The number of methoxy groups -OCH3 is 1. The first-order valence-corrected chi connectivity index (χ1v) is 6.89. The van der Waals surface area contributed by atoms with Gasteiger partial charge in [-0.1, -0.05) is 12.1 Å². The summed E-state index contributed by atoms with van der Waals surface area (Å²) >= 11 is 3.27. The van der Waals surface area contributed by atoms with Crippen LogP contribution in [0.1, 0.15) is 15.9 Å². The van der Waals surface area contributed by atoms with E-state index in [4.69, 9.17) is 4.74 Å². The minimum absolute atomic E-state index is 0.0380. The number of benzene rings is 1. The predicted octanol–water partition coefficient (Wildman–Crippen LogP) is 3.12. The molecule has 0 unspecified atom stereocenters. The second-order valence-corrected chi connectivity index (χ2v) is 5.19. The Bertz CT molecular complexity index is 599. The summed E-state index contributed by atoms with van der Waals surface area (Å²) in [6, 6.07) is 11.1. The lowest BCUT2D eigenvalue weighted by Crippen LogP contribution is -2.26. The Kier molecular flexibility index (Phi) is 4.74. The summed E-state index contributed by atoms with van der Waals surface area (Å²) in [7, 11) is 3.41. The molecule has 0 aliphatic rings. The number of carbonyl (C=O) groups excluding carboxylic acids is 1. The van der Waals surface area contributed by atoms with Gasteiger partial charge in [-0.2, -0.15) is 0 Å². The molecule has 4 nitrogen and oxygen atoms in total. The van der Waals surface area contributed by atoms with Crippen molar-refractivity contribution in [3.8, 4) is 5.75 Å². The van der Waals surface area contributed by atoms with E-state index in [-0.39, 0.29) is 5.91 Å². The number of carbonyl (C=O) groups is 1. The monoisotopic (exact) mass is 334 g/mol. The van der Waals surface area contributed by atoms with Gasteiger partial charge in [0.1, 0.15) is 10.4 Å². The third-order valence-corrected chi connectivity index (χ3v) is 3.33. The Morgan fingerprint density at radius 3 is 2.60 bits per heavy atom. The number of hydrogen-bond donors (Lipinski definition) is 0. The molecular formula is C15H15BrN2O2. The largest absolute Gasteiger partial charge is 0.497 e. The minimum Gasteiger partial charge on any atom is -0.497 e. The average Bonchev–Trinajstić information content (AvgIpc) is 2.47. The van der Waals surface area contributed by atoms with E-state index >= 15 is 0 Å². The highest BCUT2D eigenvalue weighted by Gasteiger charge is 2.12. The minimum atomic E-state index is -0.0380. The smallest absolute Gasteiger partial charge is 0.254 e. The highest BCUT2D eigenvalue weighted by molar-refractivity contribution is 9.10. The van der Waals surface area contributed by atoms with Gasteiger partial charge in [-0.3, -0.25) is 4.79 Å². The van der Waals surface area contributed by atoms with Gasteiger partial charge in [0.15, 0.2) is 0 Å². The summed E-state index contributed by atoms with van der Waals surface area (Å²) in [6.07, 6.45) is 1.61. The van der Waals surface area contributed by atoms with Crippen LogP contribution in [-0.2, 0) is 6.54 Å². The highest BCUT2D eigenvalue weighted by atomic mass is 79.9. The van der Waals surface area contributed by atoms with Crippen molar-refractivity contribution in [3.63, 3.8) is 0 Å². The molecule has 1 amide bonds. The highest BCUT2D eigenvalue weighted by Crippen LogP contribution is 2.15. The molecule has 0 radical (unpaired) electrons. The maximum absolute atomic E-state index is 12.3. The molecule has 0 saturated carbocycles. The molecule has 20 heavy (non-hydrogen) atoms. The zero-order chi connectivity index (χ0) is 14.5. The summed E-state index contributed by atoms with van der Waals surface area (Å²) in [5.41, 5.74) is 1.66. The fourth-order valence-electron chi connectivity index (χ4n) is 1.83. The summed E-state index contributed by atoms with van der Waals surface area (Å²) in [5, 5.41) is 0. The average molecular weight is 335 g/mol. The summed E-state index contributed by atoms with van der Waals surface area (Å²) < 4.78 is 5.77. The van der Waals surface area contributed by atoms with Crippen LogP contribution in [0.4, 0.5) is 0 Å². The van der Waals surface area contributed by atoms with Crippen LogP contribution in [0, 0.1) is 0 Å². The molecule has 0 bridgehead atoms. The second kappa shape index (κ2) is 6.52. The summed E-state index contributed by atoms with van der Waals surface area (Å²) in [4.78, 5) is 18.0. The maximum atomic E-state index is 12.3. The number of ether oxygens (including phenoxy) is 1. The van der Waals surface area contributed by atoms with Crippen LogP contribution >= 0.6 is 15.9 Å². The first-order chi connectivity index (χ1) is 9.60. The Hall–Kier alpha value is -1.88. The van der Waals surface area contributed by atoms with E-state index < -0.39 is 0 Å². The molecule has 2 aromatic rings. The van der Waals surface area contributed by atoms with Gasteiger partial charge in [-0.15, -0.1) is 0 Å². The Balaban J connectivity index is 2.07. The Morgan fingerprint density at radius 2 is 2.00 bits per heavy atom. The van der Waals surface area contributed by atoms with Crippen molar-refractivity contribution >= 4 is 21.8 Å². The summed E-state index contributed by atoms with van der Waals surface area (Å²) in [5.74, 6) is 0.768. The van der Waals surface area contributed by atoms with E-state index in [0.29, 0.717) is 16.7 Å². The number of rotatable bonds is 4. The standard InChI is InChI=1S/C15H15BrN2O2/c1-18(10-11-3-5-13(20-2)6-4-11)15(19)12-7-8-17-14(16)9-12/h3-9H,10H2,1-2H3. The van der Waals surface area contributed by atoms with Crippen LogP contribution < -0.4 is 4.74 Å². The van der Waals surface area contributed by atoms with Gasteiger partial charge in [-0.25, -0.2) is 4.98 Å². The molecule has 0 fully saturated rings. The van der Waals surface area contributed by atoms with Crippen molar-refractivity contribution in [2.45, 2.75) is 6.54 Å². The van der Waals surface area contributed by atoms with Crippen LogP contribution in [0.3, 0.4) is 0 Å². The van der Waals surface area contributed by atoms with Gasteiger partial charge in [0, 0.05) is 25.4 Å². The molecule has 0 N–H and O–H groups in total. The van der Waals surface area contributed by atoms with E-state index in [2.05, 4.69) is 20.9 Å². The van der Waals surface area contributed by atoms with E-state index in [1.54, 1.807) is 37.4 Å². The quantitative estimate of drug-likeness (QED) is 0.807. The molecule has 2 rings (SSSR count). The maximum Gasteiger partial charge on any atom is 0.254 e. The van der Waals surface area contributed by atoms with Crippen molar-refractivity contribution in [3.05, 3.63) is 58.3 Å². The predicted molar refractivity (Wildman–Crippen MR) is 80.7 cm³/mol. The summed E-state index contributed by atoms with van der Waals surface area (Å²) in [6.45, 7) is 0.544. The molecule has 0 saturated heterocycles. The van der Waals surface area contributed by atoms with Crippen LogP contribution in [-0.4, -0.2) is 29.9 Å². The van der Waals surface area contributed by atoms with Crippen molar-refractivity contribution in [1.82, 2.24) is 9.88 Å². The van der Waals surface area contributed by atoms with Crippen LogP contribution in [0.2, 0.25) is 0 Å². The fraction of sp³-hybridized carbons (Fsp3) is 0.200. The van der Waals surface area contributed by atoms with E-state index in [0.717, 1.165) is 11.3 Å². The van der Waals surface area contributed by atoms with E-state index in [1.165, 1.54) is 0 Å². The second-order valence-electron chi connectivity index (χ2n) is 4.38. The third-order valence-electron chi connectivity index (χ3n) is 2.90. The molecule has 0 atom stereocenters. The van der Waals surface area contributed by atoms with Crippen molar-refractivity contribution in [2.24, 2.45) is 0 Å². The number of halogens is 1. The first-order valence-electron chi connectivity index (χ1n) is 6.10. The molecule has 104 valence electrons. The lowest BCUT2D eigenvalue weighted by atomic mass is 10.2. The number of amides is 1. The molecule has 1 aromatic carbocycles. The normalized spacial score (nSPS) is 10.2.